The Balaban J connectivity index is 1.89. The van der Waals surface area contributed by atoms with Gasteiger partial charge in [-0.2, -0.15) is 0 Å². The van der Waals surface area contributed by atoms with Crippen molar-refractivity contribution in [3.05, 3.63) is 24.1 Å². The van der Waals surface area contributed by atoms with Crippen LogP contribution >= 0.6 is 0 Å². The summed E-state index contributed by atoms with van der Waals surface area (Å²) in [5.74, 6) is 1.02. The Morgan fingerprint density at radius 3 is 2.75 bits per heavy atom. The van der Waals surface area contributed by atoms with Crippen molar-refractivity contribution in [2.75, 3.05) is 5.32 Å². The van der Waals surface area contributed by atoms with Crippen molar-refractivity contribution in [3.63, 3.8) is 0 Å². The van der Waals surface area contributed by atoms with E-state index in [4.69, 9.17) is 0 Å². The van der Waals surface area contributed by atoms with E-state index in [0.717, 1.165) is 18.8 Å². The number of nitrogens with one attached hydrogen (secondary N) is 1. The highest BCUT2D eigenvalue weighted by molar-refractivity contribution is 5.36. The topological polar surface area (TPSA) is 24.9 Å². The molecule has 1 aliphatic rings. The Labute approximate surface area is 96.3 Å². The fourth-order valence-corrected chi connectivity index (χ4v) is 2.40. The molecule has 1 aromatic rings. The molecule has 2 nitrogen and oxygen atoms in total. The van der Waals surface area contributed by atoms with Gasteiger partial charge in [-0.15, -0.1) is 0 Å². The van der Waals surface area contributed by atoms with Gasteiger partial charge in [-0.25, -0.2) is 9.37 Å². The number of anilines is 1. The van der Waals surface area contributed by atoms with Crippen LogP contribution in [0.15, 0.2) is 18.3 Å². The van der Waals surface area contributed by atoms with E-state index in [9.17, 15) is 4.39 Å². The molecule has 88 valence electrons. The molecule has 1 aliphatic carbocycles. The van der Waals surface area contributed by atoms with Gasteiger partial charge in [0.1, 0.15) is 0 Å². The number of aromatic nitrogens is 1. The van der Waals surface area contributed by atoms with E-state index in [0.29, 0.717) is 11.9 Å². The molecule has 0 aromatic carbocycles. The van der Waals surface area contributed by atoms with Crippen molar-refractivity contribution in [1.82, 2.24) is 4.98 Å². The Kier molecular flexibility index (Phi) is 3.75. The highest BCUT2D eigenvalue weighted by Crippen LogP contribution is 2.28. The maximum Gasteiger partial charge on any atom is 0.165 e. The van der Waals surface area contributed by atoms with Crippen molar-refractivity contribution in [3.8, 4) is 0 Å². The minimum absolute atomic E-state index is 0.250. The number of rotatable bonds is 3. The van der Waals surface area contributed by atoms with E-state index in [2.05, 4.69) is 17.2 Å². The molecule has 1 heterocycles. The van der Waals surface area contributed by atoms with Gasteiger partial charge in [0.25, 0.3) is 0 Å². The Morgan fingerprint density at radius 1 is 1.38 bits per heavy atom. The second-order valence-electron chi connectivity index (χ2n) is 4.60. The first-order valence-electron chi connectivity index (χ1n) is 6.16. The zero-order valence-electron chi connectivity index (χ0n) is 9.75. The lowest BCUT2D eigenvalue weighted by molar-refractivity contribution is 0.329. The van der Waals surface area contributed by atoms with Crippen LogP contribution in [0.4, 0.5) is 10.2 Å². The predicted molar refractivity (Wildman–Crippen MR) is 63.9 cm³/mol. The van der Waals surface area contributed by atoms with E-state index in [1.807, 2.05) is 0 Å². The van der Waals surface area contributed by atoms with Crippen LogP contribution in [0.5, 0.6) is 0 Å². The van der Waals surface area contributed by atoms with Crippen molar-refractivity contribution in [2.45, 2.75) is 45.1 Å². The molecule has 1 fully saturated rings. The van der Waals surface area contributed by atoms with E-state index < -0.39 is 0 Å². The molecule has 1 N–H and O–H groups in total. The Bertz CT molecular complexity index is 332. The maximum absolute atomic E-state index is 13.4. The number of hydrogen-bond donors (Lipinski definition) is 1. The van der Waals surface area contributed by atoms with Crippen molar-refractivity contribution < 1.29 is 4.39 Å². The SMILES string of the molecule is CCC1CCC(Nc2ncccc2F)CC1. The van der Waals surface area contributed by atoms with Gasteiger partial charge >= 0.3 is 0 Å². The minimum atomic E-state index is -0.250. The van der Waals surface area contributed by atoms with Crippen LogP contribution in [-0.2, 0) is 0 Å². The number of nitrogens with zero attached hydrogens (tertiary/aromatic N) is 1. The van der Waals surface area contributed by atoms with Crippen LogP contribution in [-0.4, -0.2) is 11.0 Å². The van der Waals surface area contributed by atoms with E-state index in [1.165, 1.54) is 25.3 Å². The van der Waals surface area contributed by atoms with Crippen LogP contribution in [0.1, 0.15) is 39.0 Å². The summed E-state index contributed by atoms with van der Waals surface area (Å²) in [7, 11) is 0. The summed E-state index contributed by atoms with van der Waals surface area (Å²) < 4.78 is 13.4. The first-order valence-corrected chi connectivity index (χ1v) is 6.16. The quantitative estimate of drug-likeness (QED) is 0.845. The smallest absolute Gasteiger partial charge is 0.165 e. The normalized spacial score (nSPS) is 25.4. The van der Waals surface area contributed by atoms with Gasteiger partial charge in [0.15, 0.2) is 11.6 Å². The molecule has 0 spiro atoms. The van der Waals surface area contributed by atoms with Crippen LogP contribution < -0.4 is 5.32 Å². The zero-order chi connectivity index (χ0) is 11.4. The van der Waals surface area contributed by atoms with Gasteiger partial charge in [0, 0.05) is 12.2 Å². The summed E-state index contributed by atoms with van der Waals surface area (Å²) in [4.78, 5) is 4.03. The van der Waals surface area contributed by atoms with Crippen LogP contribution in [0.3, 0.4) is 0 Å². The average molecular weight is 222 g/mol. The number of halogens is 1. The van der Waals surface area contributed by atoms with Crippen LogP contribution in [0.25, 0.3) is 0 Å². The van der Waals surface area contributed by atoms with Gasteiger partial charge < -0.3 is 5.32 Å². The molecular formula is C13H19FN2. The van der Waals surface area contributed by atoms with E-state index in [-0.39, 0.29) is 5.82 Å². The number of pyridine rings is 1. The molecule has 0 bridgehead atoms. The monoisotopic (exact) mass is 222 g/mol. The van der Waals surface area contributed by atoms with Crippen molar-refractivity contribution >= 4 is 5.82 Å². The Hall–Kier alpha value is -1.12. The van der Waals surface area contributed by atoms with Gasteiger partial charge in [0.05, 0.1) is 0 Å². The van der Waals surface area contributed by atoms with Gasteiger partial charge in [-0.1, -0.05) is 13.3 Å². The van der Waals surface area contributed by atoms with Crippen molar-refractivity contribution in [1.29, 1.82) is 0 Å². The molecule has 1 aromatic heterocycles. The summed E-state index contributed by atoms with van der Waals surface area (Å²) in [6, 6.07) is 3.47. The lowest BCUT2D eigenvalue weighted by atomic mass is 9.84. The molecule has 0 radical (unpaired) electrons. The number of hydrogen-bond acceptors (Lipinski definition) is 2. The second-order valence-corrected chi connectivity index (χ2v) is 4.60. The summed E-state index contributed by atoms with van der Waals surface area (Å²) in [5.41, 5.74) is 0. The molecule has 0 atom stereocenters. The fourth-order valence-electron chi connectivity index (χ4n) is 2.40. The Morgan fingerprint density at radius 2 is 2.12 bits per heavy atom. The molecule has 16 heavy (non-hydrogen) atoms. The molecule has 0 unspecified atom stereocenters. The zero-order valence-corrected chi connectivity index (χ0v) is 9.75. The van der Waals surface area contributed by atoms with Crippen molar-refractivity contribution in [2.24, 2.45) is 5.92 Å². The summed E-state index contributed by atoms with van der Waals surface area (Å²) >= 11 is 0. The lowest BCUT2D eigenvalue weighted by Crippen LogP contribution is -2.26. The maximum atomic E-state index is 13.4. The molecule has 0 saturated heterocycles. The fraction of sp³-hybridized carbons (Fsp3) is 0.615. The van der Waals surface area contributed by atoms with Crippen LogP contribution in [0.2, 0.25) is 0 Å². The summed E-state index contributed by atoms with van der Waals surface area (Å²) in [5, 5.41) is 3.21. The molecule has 3 heteroatoms. The van der Waals surface area contributed by atoms with E-state index in [1.54, 1.807) is 12.3 Å². The molecular weight excluding hydrogens is 203 g/mol. The highest BCUT2D eigenvalue weighted by Gasteiger charge is 2.20. The summed E-state index contributed by atoms with van der Waals surface area (Å²) in [6.45, 7) is 2.25. The van der Waals surface area contributed by atoms with Gasteiger partial charge in [0.2, 0.25) is 0 Å². The average Bonchev–Trinajstić information content (AvgIpc) is 2.33. The molecule has 2 rings (SSSR count). The second kappa shape index (κ2) is 5.28. The third-order valence-corrected chi connectivity index (χ3v) is 3.52. The standard InChI is InChI=1S/C13H19FN2/c1-2-10-5-7-11(8-6-10)16-13-12(14)4-3-9-15-13/h3-4,9-11H,2,5-8H2,1H3,(H,15,16). The predicted octanol–water partition coefficient (Wildman–Crippen LogP) is 3.60. The molecule has 0 aliphatic heterocycles. The van der Waals surface area contributed by atoms with Crippen LogP contribution in [0, 0.1) is 11.7 Å². The minimum Gasteiger partial charge on any atom is -0.365 e. The third kappa shape index (κ3) is 2.71. The largest absolute Gasteiger partial charge is 0.365 e. The lowest BCUT2D eigenvalue weighted by Gasteiger charge is -2.28. The van der Waals surface area contributed by atoms with E-state index >= 15 is 0 Å². The first kappa shape index (κ1) is 11.4. The first-order chi connectivity index (χ1) is 7.79. The van der Waals surface area contributed by atoms with Gasteiger partial charge in [-0.3, -0.25) is 0 Å². The highest BCUT2D eigenvalue weighted by atomic mass is 19.1. The third-order valence-electron chi connectivity index (χ3n) is 3.52. The summed E-state index contributed by atoms with van der Waals surface area (Å²) in [6.07, 6.45) is 7.67. The van der Waals surface area contributed by atoms with Gasteiger partial charge in [-0.05, 0) is 43.7 Å². The molecule has 1 saturated carbocycles. The molecule has 0 amide bonds.